The second-order valence-electron chi connectivity index (χ2n) is 4.49. The fourth-order valence-corrected chi connectivity index (χ4v) is 2.59. The van der Waals surface area contributed by atoms with Crippen LogP contribution in [0.1, 0.15) is 24.8 Å². The maximum atomic E-state index is 11.6. The van der Waals surface area contributed by atoms with E-state index in [1.54, 1.807) is 0 Å². The third-order valence-electron chi connectivity index (χ3n) is 2.88. The van der Waals surface area contributed by atoms with E-state index in [0.29, 0.717) is 18.2 Å². The van der Waals surface area contributed by atoms with Gasteiger partial charge < -0.3 is 10.1 Å². The van der Waals surface area contributed by atoms with Gasteiger partial charge >= 0.3 is 5.97 Å². The second-order valence-corrected chi connectivity index (χ2v) is 5.52. The molecule has 1 amide bonds. The Hall–Kier alpha value is -1.82. The van der Waals surface area contributed by atoms with Crippen LogP contribution in [0.15, 0.2) is 30.3 Å². The summed E-state index contributed by atoms with van der Waals surface area (Å²) in [6.45, 7) is 0.242. The fourth-order valence-electron chi connectivity index (χ4n) is 1.87. The lowest BCUT2D eigenvalue weighted by molar-refractivity contribution is -0.145. The Balaban J connectivity index is 1.70. The first-order valence-corrected chi connectivity index (χ1v) is 7.16. The highest BCUT2D eigenvalue weighted by molar-refractivity contribution is 8.26. The maximum Gasteiger partial charge on any atom is 0.306 e. The summed E-state index contributed by atoms with van der Waals surface area (Å²) in [6, 6.07) is 9.15. The number of esters is 1. The van der Waals surface area contributed by atoms with Crippen LogP contribution in [0.2, 0.25) is 0 Å². The van der Waals surface area contributed by atoms with Crippen LogP contribution in [0.25, 0.3) is 0 Å². The normalized spacial score (nSPS) is 18.5. The molecule has 1 aliphatic heterocycles. The van der Waals surface area contributed by atoms with Crippen LogP contribution in [0.3, 0.4) is 0 Å². The summed E-state index contributed by atoms with van der Waals surface area (Å²) in [6.07, 6.45) is 0.879. The van der Waals surface area contributed by atoms with Crippen molar-refractivity contribution in [2.75, 3.05) is 0 Å². The Kier molecular flexibility index (Phi) is 5.17. The monoisotopic (exact) mass is 293 g/mol. The highest BCUT2D eigenvalue weighted by atomic mass is 32.2. The molecule has 1 saturated heterocycles. The molecule has 0 bridgehead atoms. The molecule has 0 radical (unpaired) electrons. The van der Waals surface area contributed by atoms with Gasteiger partial charge in [0.05, 0.1) is 0 Å². The van der Waals surface area contributed by atoms with Crippen LogP contribution in [-0.2, 0) is 20.9 Å². The quantitative estimate of drug-likeness (QED) is 0.843. The molecule has 1 aliphatic rings. The summed E-state index contributed by atoms with van der Waals surface area (Å²) in [5.41, 5.74) is 0.929. The van der Waals surface area contributed by atoms with Gasteiger partial charge in [-0.25, -0.2) is 0 Å². The number of carbonyl (C=O) groups excluding carboxylic acids is 3. The zero-order valence-electron chi connectivity index (χ0n) is 10.8. The Morgan fingerprint density at radius 3 is 2.75 bits per heavy atom. The molecule has 1 fully saturated rings. The van der Waals surface area contributed by atoms with E-state index in [2.05, 4.69) is 5.32 Å². The predicted octanol–water partition coefficient (Wildman–Crippen LogP) is 2.25. The van der Waals surface area contributed by atoms with Crippen LogP contribution < -0.4 is 5.32 Å². The van der Waals surface area contributed by atoms with E-state index < -0.39 is 0 Å². The van der Waals surface area contributed by atoms with Gasteiger partial charge in [-0.1, -0.05) is 30.3 Å². The summed E-state index contributed by atoms with van der Waals surface area (Å²) >= 11 is 0.682. The number of ether oxygens (including phenoxy) is 1. The van der Waals surface area contributed by atoms with Crippen LogP contribution in [-0.4, -0.2) is 22.4 Å². The summed E-state index contributed by atoms with van der Waals surface area (Å²) in [4.78, 5) is 34.0. The smallest absolute Gasteiger partial charge is 0.306 e. The molecular formula is C14H15NO4S. The summed E-state index contributed by atoms with van der Waals surface area (Å²) in [5, 5.41) is 2.17. The summed E-state index contributed by atoms with van der Waals surface area (Å²) < 4.78 is 5.13. The molecule has 0 aromatic heterocycles. The average Bonchev–Trinajstić information content (AvgIpc) is 2.43. The molecule has 0 unspecified atom stereocenters. The van der Waals surface area contributed by atoms with Gasteiger partial charge in [0.25, 0.3) is 5.24 Å². The lowest BCUT2D eigenvalue weighted by atomic mass is 10.1. The van der Waals surface area contributed by atoms with Gasteiger partial charge in [0, 0.05) is 30.6 Å². The minimum Gasteiger partial charge on any atom is -0.461 e. The van der Waals surface area contributed by atoms with E-state index in [0.717, 1.165) is 5.56 Å². The largest absolute Gasteiger partial charge is 0.461 e. The van der Waals surface area contributed by atoms with E-state index in [1.807, 2.05) is 30.3 Å². The van der Waals surface area contributed by atoms with Crippen molar-refractivity contribution in [3.63, 3.8) is 0 Å². The first kappa shape index (κ1) is 14.6. The molecule has 2 rings (SSSR count). The molecule has 1 atom stereocenters. The van der Waals surface area contributed by atoms with Crippen molar-refractivity contribution >= 4 is 28.1 Å². The van der Waals surface area contributed by atoms with Gasteiger partial charge in [-0.15, -0.1) is 0 Å². The molecule has 1 heterocycles. The van der Waals surface area contributed by atoms with Crippen LogP contribution in [0, 0.1) is 0 Å². The molecule has 0 aliphatic carbocycles. The summed E-state index contributed by atoms with van der Waals surface area (Å²) in [5.74, 6) is -0.325. The van der Waals surface area contributed by atoms with Gasteiger partial charge in [0.15, 0.2) is 5.12 Å². The zero-order valence-corrected chi connectivity index (χ0v) is 11.7. The molecular weight excluding hydrogens is 278 g/mol. The van der Waals surface area contributed by atoms with Crippen LogP contribution in [0.5, 0.6) is 0 Å². The number of hydrogen-bond acceptors (Lipinski definition) is 5. The zero-order chi connectivity index (χ0) is 14.4. The van der Waals surface area contributed by atoms with Gasteiger partial charge in [-0.3, -0.25) is 14.4 Å². The van der Waals surface area contributed by atoms with Crippen molar-refractivity contribution in [1.29, 1.82) is 0 Å². The van der Waals surface area contributed by atoms with E-state index in [9.17, 15) is 14.4 Å². The molecule has 0 spiro atoms. The van der Waals surface area contributed by atoms with Gasteiger partial charge in [-0.05, 0) is 12.0 Å². The van der Waals surface area contributed by atoms with E-state index >= 15 is 0 Å². The minimum absolute atomic E-state index is 0.156. The topological polar surface area (TPSA) is 72.5 Å². The minimum atomic E-state index is -0.344. The molecule has 5 nitrogen and oxygen atoms in total. The lowest BCUT2D eigenvalue weighted by Gasteiger charge is -2.21. The molecule has 106 valence electrons. The van der Waals surface area contributed by atoms with Crippen molar-refractivity contribution in [2.24, 2.45) is 0 Å². The van der Waals surface area contributed by atoms with Crippen LogP contribution in [0.4, 0.5) is 4.79 Å². The highest BCUT2D eigenvalue weighted by Gasteiger charge is 2.25. The molecule has 1 aromatic carbocycles. The third-order valence-corrected chi connectivity index (χ3v) is 3.58. The number of nitrogens with one attached hydrogen (secondary N) is 1. The fraction of sp³-hybridized carbons (Fsp3) is 0.357. The average molecular weight is 293 g/mol. The number of hydrogen-bond donors (Lipinski definition) is 1. The molecule has 1 N–H and O–H groups in total. The lowest BCUT2D eigenvalue weighted by Crippen LogP contribution is -2.39. The second kappa shape index (κ2) is 7.09. The molecule has 1 aromatic rings. The first-order valence-electron chi connectivity index (χ1n) is 6.34. The molecule has 20 heavy (non-hydrogen) atoms. The van der Waals surface area contributed by atoms with Crippen molar-refractivity contribution in [2.45, 2.75) is 31.9 Å². The number of amides is 1. The van der Waals surface area contributed by atoms with E-state index in [-0.39, 0.29) is 41.8 Å². The SMILES string of the molecule is O=C(CC[C@H]1CC(=O)SC(=O)N1)OCc1ccccc1. The van der Waals surface area contributed by atoms with Crippen LogP contribution >= 0.6 is 11.8 Å². The number of rotatable bonds is 5. The standard InChI is InChI=1S/C14H15NO4S/c16-12(19-9-10-4-2-1-3-5-10)7-6-11-8-13(17)20-14(18)15-11/h1-5,11H,6-9H2,(H,15,18)/t11-/m0/s1. The Labute approximate surface area is 121 Å². The Bertz CT molecular complexity index is 487. The van der Waals surface area contributed by atoms with Crippen molar-refractivity contribution in [3.05, 3.63) is 35.9 Å². The molecule has 6 heteroatoms. The summed E-state index contributed by atoms with van der Waals surface area (Å²) in [7, 11) is 0. The van der Waals surface area contributed by atoms with Crippen molar-refractivity contribution in [1.82, 2.24) is 5.32 Å². The van der Waals surface area contributed by atoms with Crippen molar-refractivity contribution < 1.29 is 19.1 Å². The Morgan fingerprint density at radius 2 is 2.05 bits per heavy atom. The van der Waals surface area contributed by atoms with Gasteiger partial charge in [0.1, 0.15) is 6.61 Å². The number of carbonyl (C=O) groups is 3. The van der Waals surface area contributed by atoms with Gasteiger partial charge in [0.2, 0.25) is 0 Å². The number of benzene rings is 1. The van der Waals surface area contributed by atoms with Crippen molar-refractivity contribution in [3.8, 4) is 0 Å². The van der Waals surface area contributed by atoms with E-state index in [4.69, 9.17) is 4.74 Å². The number of thioether (sulfide) groups is 1. The Morgan fingerprint density at radius 1 is 1.30 bits per heavy atom. The third kappa shape index (κ3) is 4.70. The molecule has 0 saturated carbocycles. The predicted molar refractivity (Wildman–Crippen MR) is 75.0 cm³/mol. The first-order chi connectivity index (χ1) is 9.63. The van der Waals surface area contributed by atoms with E-state index in [1.165, 1.54) is 0 Å². The highest BCUT2D eigenvalue weighted by Crippen LogP contribution is 2.18. The van der Waals surface area contributed by atoms with Gasteiger partial charge in [-0.2, -0.15) is 0 Å². The maximum absolute atomic E-state index is 11.6.